The summed E-state index contributed by atoms with van der Waals surface area (Å²) in [6, 6.07) is 14.1. The fourth-order valence-corrected chi connectivity index (χ4v) is 8.88. The molecule has 0 radical (unpaired) electrons. The molecule has 326 valence electrons. The molecular weight excluding hydrogens is 845 g/mol. The normalized spacial score (nSPS) is 17.3. The Morgan fingerprint density at radius 3 is 2.60 bits per heavy atom. The molecular formula is C45H46ClF3N6O6S. The molecule has 1 saturated carbocycles. The molecule has 12 nitrogen and oxygen atoms in total. The minimum Gasteiger partial charge on any atom is -0.495 e. The molecule has 2 aliphatic carbocycles. The number of carboxylic acids is 1. The molecule has 0 unspecified atom stereocenters. The third-order valence-electron chi connectivity index (χ3n) is 11.5. The van der Waals surface area contributed by atoms with Gasteiger partial charge in [-0.25, -0.2) is 14.8 Å². The Morgan fingerprint density at radius 2 is 1.84 bits per heavy atom. The average Bonchev–Trinajstić information content (AvgIpc) is 3.64. The molecule has 0 bridgehead atoms. The first-order valence-corrected chi connectivity index (χ1v) is 21.7. The summed E-state index contributed by atoms with van der Waals surface area (Å²) < 4.78 is 66.9. The van der Waals surface area contributed by atoms with E-state index in [1.54, 1.807) is 36.4 Å². The minimum absolute atomic E-state index is 0.0324. The van der Waals surface area contributed by atoms with Crippen molar-refractivity contribution in [1.82, 2.24) is 29.1 Å². The van der Waals surface area contributed by atoms with Crippen LogP contribution in [0.3, 0.4) is 0 Å². The first-order chi connectivity index (χ1) is 29.9. The van der Waals surface area contributed by atoms with Gasteiger partial charge < -0.3 is 29.0 Å². The third kappa shape index (κ3) is 10.1. The number of benzene rings is 2. The molecule has 1 N–H and O–H groups in total. The van der Waals surface area contributed by atoms with Crippen LogP contribution in [0.5, 0.6) is 17.4 Å². The maximum Gasteiger partial charge on any atom is 0.573 e. The van der Waals surface area contributed by atoms with Crippen LogP contribution in [-0.4, -0.2) is 99.0 Å². The number of allylic oxidation sites excluding steroid dienone is 4. The zero-order chi connectivity index (χ0) is 43.4. The summed E-state index contributed by atoms with van der Waals surface area (Å²) in [5.41, 5.74) is 5.15. The van der Waals surface area contributed by atoms with E-state index >= 15 is 0 Å². The van der Waals surface area contributed by atoms with Crippen molar-refractivity contribution in [2.45, 2.75) is 70.4 Å². The maximum absolute atomic E-state index is 12.9. The molecule has 2 fully saturated rings. The van der Waals surface area contributed by atoms with Crippen molar-refractivity contribution in [3.8, 4) is 28.8 Å². The monoisotopic (exact) mass is 890 g/mol. The number of aromatic nitrogens is 4. The SMILES string of the molecule is CC1=C(c2c(C3CCC3)ncc3snc(O[C@H](Cc4ccccc4OCc4ccnc(-c5cccc(OC(F)(F)F)c5)n4)C(=O)O)c23)CCC(OCCN2CCN(C)CC2)=C1Cl. The Bertz CT molecular complexity index is 2490. The number of nitrogens with zero attached hydrogens (tertiary/aromatic N) is 6. The lowest BCUT2D eigenvalue weighted by Gasteiger charge is -2.32. The van der Waals surface area contributed by atoms with Crippen LogP contribution in [0.15, 0.2) is 83.4 Å². The number of pyridine rings is 1. The third-order valence-corrected chi connectivity index (χ3v) is 12.8. The number of carbonyl (C=O) groups is 1. The lowest BCUT2D eigenvalue weighted by atomic mass is 9.77. The summed E-state index contributed by atoms with van der Waals surface area (Å²) in [5, 5.41) is 11.9. The lowest BCUT2D eigenvalue weighted by molar-refractivity contribution is -0.274. The van der Waals surface area contributed by atoms with Crippen molar-refractivity contribution in [3.05, 3.63) is 106 Å². The van der Waals surface area contributed by atoms with Crippen LogP contribution in [0, 0.1) is 0 Å². The number of fused-ring (bicyclic) bond motifs is 1. The number of rotatable bonds is 16. The number of likely N-dealkylation sites (N-methyl/N-ethyl adjacent to an activating group) is 1. The number of alkyl halides is 3. The van der Waals surface area contributed by atoms with Crippen LogP contribution < -0.4 is 14.2 Å². The van der Waals surface area contributed by atoms with Crippen LogP contribution in [-0.2, 0) is 22.6 Å². The van der Waals surface area contributed by atoms with Crippen molar-refractivity contribution in [2.24, 2.45) is 0 Å². The van der Waals surface area contributed by atoms with Gasteiger partial charge in [0.15, 0.2) is 5.82 Å². The van der Waals surface area contributed by atoms with Gasteiger partial charge in [0.25, 0.3) is 0 Å². The van der Waals surface area contributed by atoms with Crippen molar-refractivity contribution in [1.29, 1.82) is 0 Å². The summed E-state index contributed by atoms with van der Waals surface area (Å²) in [4.78, 5) is 31.4. The van der Waals surface area contributed by atoms with E-state index in [1.165, 1.54) is 35.9 Å². The number of aliphatic carboxylic acids is 1. The van der Waals surface area contributed by atoms with Crippen LogP contribution in [0.2, 0.25) is 0 Å². The molecule has 62 heavy (non-hydrogen) atoms. The van der Waals surface area contributed by atoms with Gasteiger partial charge in [0.05, 0.1) is 26.5 Å². The summed E-state index contributed by atoms with van der Waals surface area (Å²) in [5.74, 6) is 0.284. The highest BCUT2D eigenvalue weighted by molar-refractivity contribution is 7.13. The number of hydrogen-bond donors (Lipinski definition) is 1. The van der Waals surface area contributed by atoms with Gasteiger partial charge in [-0.1, -0.05) is 48.4 Å². The Labute approximate surface area is 366 Å². The molecule has 4 heterocycles. The lowest BCUT2D eigenvalue weighted by Crippen LogP contribution is -2.45. The Morgan fingerprint density at radius 1 is 1.03 bits per heavy atom. The van der Waals surface area contributed by atoms with Crippen LogP contribution in [0.4, 0.5) is 13.2 Å². The van der Waals surface area contributed by atoms with Crippen molar-refractivity contribution in [2.75, 3.05) is 46.4 Å². The van der Waals surface area contributed by atoms with Gasteiger partial charge in [0.2, 0.25) is 12.0 Å². The second kappa shape index (κ2) is 19.0. The topological polar surface area (TPSA) is 132 Å². The molecule has 1 saturated heterocycles. The predicted octanol–water partition coefficient (Wildman–Crippen LogP) is 9.25. The van der Waals surface area contributed by atoms with Crippen molar-refractivity contribution >= 4 is 44.8 Å². The number of halogens is 4. The summed E-state index contributed by atoms with van der Waals surface area (Å²) in [6.45, 7) is 7.48. The summed E-state index contributed by atoms with van der Waals surface area (Å²) in [6.07, 6.45) is 1.47. The van der Waals surface area contributed by atoms with Crippen molar-refractivity contribution < 1.29 is 42.0 Å². The zero-order valence-electron chi connectivity index (χ0n) is 34.3. The van der Waals surface area contributed by atoms with Crippen molar-refractivity contribution in [3.63, 3.8) is 0 Å². The summed E-state index contributed by atoms with van der Waals surface area (Å²) in [7, 11) is 2.14. The first kappa shape index (κ1) is 43.4. The van der Waals surface area contributed by atoms with Gasteiger partial charge in [-0.2, -0.15) is 4.37 Å². The Kier molecular flexibility index (Phi) is 13.3. The number of para-hydroxylation sites is 1. The van der Waals surface area contributed by atoms with E-state index in [4.69, 9.17) is 30.8 Å². The fourth-order valence-electron chi connectivity index (χ4n) is 7.93. The zero-order valence-corrected chi connectivity index (χ0v) is 35.9. The van der Waals surface area contributed by atoms with Gasteiger partial charge in [-0.05, 0) is 85.7 Å². The standard InChI is InChI=1S/C45H46ClF3N6O6S/c1-27-33(13-14-35(40(27)46)58-22-21-55-19-17-54(2)18-20-55)38-39-37(25-51-41(38)28-8-5-9-28)62-53-43(39)60-36(44(56)57)24-29-7-3-4-12-34(29)59-26-31-15-16-50-42(52-31)30-10-6-11-32(23-30)61-45(47,48)49/h3-4,6-7,10-12,15-16,23,25,28,36H,5,8-9,13-14,17-22,24,26H2,1-2H3,(H,56,57)/t36-/m1/s1. The highest BCUT2D eigenvalue weighted by Gasteiger charge is 2.34. The molecule has 2 aromatic carbocycles. The van der Waals surface area contributed by atoms with Gasteiger partial charge in [0, 0.05) is 75.0 Å². The molecule has 1 aliphatic heterocycles. The molecule has 0 amide bonds. The molecule has 17 heteroatoms. The molecule has 1 atom stereocenters. The van der Waals surface area contributed by atoms with Crippen LogP contribution >= 0.6 is 23.1 Å². The summed E-state index contributed by atoms with van der Waals surface area (Å²) >= 11 is 8.31. The first-order valence-electron chi connectivity index (χ1n) is 20.6. The van der Waals surface area contributed by atoms with E-state index in [2.05, 4.69) is 35.9 Å². The average molecular weight is 891 g/mol. The highest BCUT2D eigenvalue weighted by Crippen LogP contribution is 2.48. The predicted molar refractivity (Wildman–Crippen MR) is 229 cm³/mol. The molecule has 3 aromatic heterocycles. The second-order valence-corrected chi connectivity index (χ2v) is 16.9. The highest BCUT2D eigenvalue weighted by atomic mass is 35.5. The van der Waals surface area contributed by atoms with E-state index in [-0.39, 0.29) is 30.7 Å². The van der Waals surface area contributed by atoms with Crippen LogP contribution in [0.25, 0.3) is 27.0 Å². The van der Waals surface area contributed by atoms with Gasteiger partial charge in [-0.3, -0.25) is 9.88 Å². The quantitative estimate of drug-likeness (QED) is 0.101. The fraction of sp³-hybridized carbons (Fsp3) is 0.400. The second-order valence-electron chi connectivity index (χ2n) is 15.7. The smallest absolute Gasteiger partial charge is 0.495 e. The Balaban J connectivity index is 1.02. The molecule has 8 rings (SSSR count). The molecule has 0 spiro atoms. The van der Waals surface area contributed by atoms with E-state index in [9.17, 15) is 23.1 Å². The maximum atomic E-state index is 12.9. The van der Waals surface area contributed by atoms with E-state index in [0.29, 0.717) is 47.1 Å². The number of hydrogen-bond acceptors (Lipinski definition) is 12. The number of ether oxygens (including phenoxy) is 4. The molecule has 5 aromatic rings. The van der Waals surface area contributed by atoms with Crippen LogP contribution in [0.1, 0.15) is 67.5 Å². The molecule has 3 aliphatic rings. The largest absolute Gasteiger partial charge is 0.573 e. The Hall–Kier alpha value is -5.29. The van der Waals surface area contributed by atoms with Gasteiger partial charge >= 0.3 is 12.3 Å². The van der Waals surface area contributed by atoms with E-state index < -0.39 is 24.2 Å². The number of carboxylic acid groups (broad SMARTS) is 1. The van der Waals surface area contributed by atoms with Gasteiger partial charge in [-0.15, -0.1) is 13.2 Å². The van der Waals surface area contributed by atoms with E-state index in [0.717, 1.165) is 90.2 Å². The minimum atomic E-state index is -4.84. The van der Waals surface area contributed by atoms with E-state index in [1.807, 2.05) is 13.1 Å². The number of piperazine rings is 1. The van der Waals surface area contributed by atoms with Gasteiger partial charge in [0.1, 0.15) is 30.5 Å².